The van der Waals surface area contributed by atoms with Crippen LogP contribution in [0.5, 0.6) is 0 Å². The summed E-state index contributed by atoms with van der Waals surface area (Å²) in [4.78, 5) is 27.3. The predicted molar refractivity (Wildman–Crippen MR) is 160 cm³/mol. The summed E-state index contributed by atoms with van der Waals surface area (Å²) in [7, 11) is 0. The van der Waals surface area contributed by atoms with Gasteiger partial charge >= 0.3 is 39.6 Å². The molecule has 0 unspecified atom stereocenters. The SMILES string of the molecule is O=C(N[C@@H]1C2c3ccccc3C(c3ccccc32)[C@H]1NC(=O)c1ccccc1I(=O)=O)c1ccccc1I(=O)=O. The number of carbonyl (C=O) groups is 2. The van der Waals surface area contributed by atoms with E-state index in [0.717, 1.165) is 22.3 Å². The molecule has 2 bridgehead atoms. The molecule has 0 saturated carbocycles. The lowest BCUT2D eigenvalue weighted by molar-refractivity contribution is 0.0857. The summed E-state index contributed by atoms with van der Waals surface area (Å²) in [6.45, 7) is 0. The lowest BCUT2D eigenvalue weighted by Gasteiger charge is -2.51. The van der Waals surface area contributed by atoms with E-state index in [1.165, 1.54) is 24.3 Å². The topological polar surface area (TPSA) is 126 Å². The van der Waals surface area contributed by atoms with Crippen LogP contribution in [0.2, 0.25) is 0 Å². The summed E-state index contributed by atoms with van der Waals surface area (Å²) in [5.74, 6) is -1.76. The first-order valence-electron chi connectivity index (χ1n) is 12.4. The van der Waals surface area contributed by atoms with Crippen LogP contribution >= 0.6 is 39.6 Å². The molecule has 3 aliphatic rings. The van der Waals surface area contributed by atoms with Gasteiger partial charge in [0.2, 0.25) is 0 Å². The molecule has 2 amide bonds. The highest BCUT2D eigenvalue weighted by Gasteiger charge is 2.51. The smallest absolute Gasteiger partial charge is 0.341 e. The molecule has 4 aromatic rings. The molecule has 4 aromatic carbocycles. The summed E-state index contributed by atoms with van der Waals surface area (Å²) in [5, 5.41) is 6.14. The summed E-state index contributed by atoms with van der Waals surface area (Å²) in [6.07, 6.45) is 0. The standard InChI is InChI=1S/C30H22I2N2O6/c35-29(21-13-5-7-15-23(21)31(37)38)33-27-25-17-9-1-2-10-18(17)26(20-12-4-3-11-19(20)25)28(27)34-30(36)22-14-6-8-16-24(22)32(39)40/h1-16,25-28H,(H,33,35)(H,34,36)/t25?,26?,27-,28-/m1/s1. The first-order valence-corrected chi connectivity index (χ1v) is 18.1. The van der Waals surface area contributed by atoms with Crippen molar-refractivity contribution in [3.63, 3.8) is 0 Å². The highest BCUT2D eigenvalue weighted by atomic mass is 127. The van der Waals surface area contributed by atoms with E-state index in [2.05, 4.69) is 10.6 Å². The Morgan fingerprint density at radius 3 is 1.10 bits per heavy atom. The molecule has 2 atom stereocenters. The third-order valence-electron chi connectivity index (χ3n) is 7.60. The Kier molecular flexibility index (Phi) is 7.21. The summed E-state index contributed by atoms with van der Waals surface area (Å²) >= 11 is -7.94. The number of nitrogens with one attached hydrogen (secondary N) is 2. The molecule has 40 heavy (non-hydrogen) atoms. The van der Waals surface area contributed by atoms with Gasteiger partial charge in [0.15, 0.2) is 0 Å². The van der Waals surface area contributed by atoms with E-state index >= 15 is 0 Å². The molecular weight excluding hydrogens is 738 g/mol. The predicted octanol–water partition coefficient (Wildman–Crippen LogP) is 5.61. The van der Waals surface area contributed by atoms with Gasteiger partial charge in [-0.3, -0.25) is 9.59 Å². The van der Waals surface area contributed by atoms with E-state index in [1.807, 2.05) is 48.5 Å². The Labute approximate surface area is 243 Å². The van der Waals surface area contributed by atoms with Crippen molar-refractivity contribution in [2.45, 2.75) is 23.9 Å². The Hall–Kier alpha value is -3.52. The molecule has 0 heterocycles. The minimum absolute atomic E-state index is 0.00279. The molecule has 3 aliphatic carbocycles. The maximum atomic E-state index is 13.6. The molecule has 0 saturated heterocycles. The fourth-order valence-corrected chi connectivity index (χ4v) is 8.84. The molecule has 2 N–H and O–H groups in total. The second-order valence-electron chi connectivity index (χ2n) is 9.61. The minimum atomic E-state index is -3.97. The van der Waals surface area contributed by atoms with Gasteiger partial charge in [-0.05, 0) is 46.5 Å². The van der Waals surface area contributed by atoms with Crippen molar-refractivity contribution in [2.75, 3.05) is 0 Å². The van der Waals surface area contributed by atoms with E-state index in [-0.39, 0.29) is 30.1 Å². The number of hydrogen-bond acceptors (Lipinski definition) is 6. The molecule has 0 spiro atoms. The maximum absolute atomic E-state index is 13.6. The second-order valence-corrected chi connectivity index (χ2v) is 14.4. The average molecular weight is 760 g/mol. The van der Waals surface area contributed by atoms with Gasteiger partial charge in [0, 0.05) is 11.8 Å². The van der Waals surface area contributed by atoms with Crippen molar-refractivity contribution in [1.82, 2.24) is 10.6 Å². The van der Waals surface area contributed by atoms with Crippen LogP contribution in [0, 0.1) is 7.14 Å². The first-order chi connectivity index (χ1) is 19.4. The Morgan fingerprint density at radius 2 is 0.775 bits per heavy atom. The van der Waals surface area contributed by atoms with Crippen molar-refractivity contribution < 1.29 is 21.9 Å². The number of halogens is 2. The van der Waals surface area contributed by atoms with E-state index in [4.69, 9.17) is 0 Å². The second kappa shape index (κ2) is 10.8. The van der Waals surface area contributed by atoms with Gasteiger partial charge in [-0.1, -0.05) is 72.8 Å². The average Bonchev–Trinajstić information content (AvgIpc) is 2.97. The van der Waals surface area contributed by atoms with Gasteiger partial charge in [0.25, 0.3) is 11.8 Å². The van der Waals surface area contributed by atoms with Crippen LogP contribution in [0.25, 0.3) is 0 Å². The Morgan fingerprint density at radius 1 is 0.475 bits per heavy atom. The highest BCUT2D eigenvalue weighted by Crippen LogP contribution is 2.53. The van der Waals surface area contributed by atoms with Crippen LogP contribution in [-0.2, 0) is 12.3 Å². The number of benzene rings is 4. The van der Waals surface area contributed by atoms with Crippen molar-refractivity contribution in [3.8, 4) is 0 Å². The Bertz CT molecular complexity index is 1640. The Balaban J connectivity index is 1.48. The lowest BCUT2D eigenvalue weighted by atomic mass is 9.59. The molecule has 202 valence electrons. The van der Waals surface area contributed by atoms with Crippen LogP contribution in [0.4, 0.5) is 0 Å². The third kappa shape index (κ3) is 4.52. The monoisotopic (exact) mass is 760 g/mol. The first kappa shape index (κ1) is 26.7. The van der Waals surface area contributed by atoms with Crippen LogP contribution < -0.4 is 10.6 Å². The normalized spacial score (nSPS) is 20.6. The van der Waals surface area contributed by atoms with Crippen molar-refractivity contribution in [2.24, 2.45) is 0 Å². The highest BCUT2D eigenvalue weighted by molar-refractivity contribution is 14.2. The third-order valence-corrected chi connectivity index (χ3v) is 11.4. The van der Waals surface area contributed by atoms with Crippen molar-refractivity contribution >= 4 is 51.4 Å². The molecular formula is C30H22I2N2O6. The fraction of sp³-hybridized carbons (Fsp3) is 0.133. The van der Waals surface area contributed by atoms with Crippen LogP contribution in [0.15, 0.2) is 97.1 Å². The van der Waals surface area contributed by atoms with Gasteiger partial charge in [0.05, 0.1) is 30.4 Å². The largest absolute Gasteiger partial charge is 0.346 e. The number of carbonyl (C=O) groups excluding carboxylic acids is 2. The summed E-state index contributed by atoms with van der Waals surface area (Å²) in [6, 6.07) is 26.6. The molecule has 0 aromatic heterocycles. The molecule has 0 radical (unpaired) electrons. The lowest BCUT2D eigenvalue weighted by Crippen LogP contribution is -2.62. The summed E-state index contributed by atoms with van der Waals surface area (Å²) in [5.41, 5.74) is 4.19. The number of fused-ring (bicyclic) bond motifs is 1. The zero-order valence-electron chi connectivity index (χ0n) is 20.8. The van der Waals surface area contributed by atoms with Gasteiger partial charge in [-0.25, -0.2) is 12.3 Å². The van der Waals surface area contributed by atoms with E-state index in [0.29, 0.717) is 0 Å². The van der Waals surface area contributed by atoms with Gasteiger partial charge < -0.3 is 10.6 Å². The molecule has 0 aliphatic heterocycles. The van der Waals surface area contributed by atoms with E-state index < -0.39 is 63.5 Å². The van der Waals surface area contributed by atoms with Gasteiger partial charge in [0.1, 0.15) is 0 Å². The van der Waals surface area contributed by atoms with Crippen molar-refractivity contribution in [3.05, 3.63) is 138 Å². The van der Waals surface area contributed by atoms with Gasteiger partial charge in [-0.15, -0.1) is 0 Å². The van der Waals surface area contributed by atoms with Crippen molar-refractivity contribution in [1.29, 1.82) is 0 Å². The zero-order valence-corrected chi connectivity index (χ0v) is 25.1. The summed E-state index contributed by atoms with van der Waals surface area (Å²) < 4.78 is 47.9. The number of amides is 2. The van der Waals surface area contributed by atoms with E-state index in [1.54, 1.807) is 24.3 Å². The number of rotatable bonds is 6. The zero-order chi connectivity index (χ0) is 28.0. The van der Waals surface area contributed by atoms with Crippen LogP contribution in [-0.4, -0.2) is 23.9 Å². The fourth-order valence-electron chi connectivity index (χ4n) is 6.04. The molecule has 8 nitrogen and oxygen atoms in total. The minimum Gasteiger partial charge on any atom is -0.346 e. The molecule has 10 heteroatoms. The molecule has 7 rings (SSSR count). The van der Waals surface area contributed by atoms with Gasteiger partial charge in [-0.2, -0.15) is 0 Å². The van der Waals surface area contributed by atoms with E-state index in [9.17, 15) is 21.9 Å². The van der Waals surface area contributed by atoms with Crippen LogP contribution in [0.3, 0.4) is 0 Å². The quantitative estimate of drug-likeness (QED) is 0.247. The van der Waals surface area contributed by atoms with Crippen LogP contribution in [0.1, 0.15) is 54.8 Å². The number of hydrogen-bond donors (Lipinski definition) is 2. The maximum Gasteiger partial charge on any atom is 0.341 e. The molecule has 0 fully saturated rings.